The van der Waals surface area contributed by atoms with Crippen molar-refractivity contribution in [3.05, 3.63) is 23.3 Å². The van der Waals surface area contributed by atoms with Crippen LogP contribution in [0, 0.1) is 0 Å². The number of phenolic OH excluding ortho intramolecular Hbond substituents is 1. The molecule has 0 unspecified atom stereocenters. The summed E-state index contributed by atoms with van der Waals surface area (Å²) < 4.78 is 12.8. The number of carboxylic acids is 1. The van der Waals surface area contributed by atoms with E-state index in [1.807, 2.05) is 6.07 Å². The van der Waals surface area contributed by atoms with Gasteiger partial charge in [-0.1, -0.05) is 6.07 Å². The lowest BCUT2D eigenvalue weighted by Crippen LogP contribution is -2.78. The lowest BCUT2D eigenvalue weighted by Gasteiger charge is -2.65. The minimum Gasteiger partial charge on any atom is -0.504 e. The van der Waals surface area contributed by atoms with Crippen LogP contribution in [-0.4, -0.2) is 72.1 Å². The maximum Gasteiger partial charge on any atom is 0.317 e. The highest BCUT2D eigenvalue weighted by molar-refractivity contribution is 5.69. The van der Waals surface area contributed by atoms with Crippen LogP contribution in [0.15, 0.2) is 12.1 Å². The summed E-state index contributed by atoms with van der Waals surface area (Å²) in [6.45, 7) is 0.828. The Hall–Kier alpha value is -1.83. The smallest absolute Gasteiger partial charge is 0.317 e. The number of likely N-dealkylation sites (N-methyl/N-ethyl adjacent to an activating group) is 1. The van der Waals surface area contributed by atoms with Gasteiger partial charge in [0.25, 0.3) is 0 Å². The first kappa shape index (κ1) is 17.3. The molecule has 27 heavy (non-hydrogen) atoms. The fourth-order valence-corrected chi connectivity index (χ4v) is 6.57. The van der Waals surface area contributed by atoms with E-state index < -0.39 is 11.6 Å². The molecule has 7 nitrogen and oxygen atoms in total. The van der Waals surface area contributed by atoms with Gasteiger partial charge in [-0.25, -0.2) is 0 Å². The highest BCUT2D eigenvalue weighted by Gasteiger charge is 2.73. The normalized spacial score (nSPS) is 39.0. The lowest BCUT2D eigenvalue weighted by atomic mass is 9.48. The standard InChI is InChI=1S/C20H26N2O5/c1-22-8-7-19-16-11-3-4-13(23)17(16)27-18(19)12(21-10-15(24)25)5-6-20(19,26-2)14(22)9-11/h3-4,12,14,18,21,23H,5-10H2,1-2H3,(H,24,25)/t12-,14+,18+,19-,20-/m0/s1. The van der Waals surface area contributed by atoms with Gasteiger partial charge < -0.3 is 29.9 Å². The predicted octanol–water partition coefficient (Wildman–Crippen LogP) is 0.873. The Morgan fingerprint density at radius 2 is 2.26 bits per heavy atom. The fourth-order valence-electron chi connectivity index (χ4n) is 6.57. The second kappa shape index (κ2) is 5.59. The number of likely N-dealkylation sites (tertiary alicyclic amines) is 1. The Bertz CT molecular complexity index is 814. The van der Waals surface area contributed by atoms with Crippen LogP contribution in [0.1, 0.15) is 30.4 Å². The number of aromatic hydroxyl groups is 1. The summed E-state index contributed by atoms with van der Waals surface area (Å²) in [5, 5.41) is 22.9. The van der Waals surface area contributed by atoms with Crippen LogP contribution in [0.3, 0.4) is 0 Å². The summed E-state index contributed by atoms with van der Waals surface area (Å²) in [6, 6.07) is 3.89. The van der Waals surface area contributed by atoms with Gasteiger partial charge in [0.05, 0.1) is 17.6 Å². The lowest BCUT2D eigenvalue weighted by molar-refractivity contribution is -0.203. The zero-order valence-corrected chi connectivity index (χ0v) is 15.7. The van der Waals surface area contributed by atoms with Crippen molar-refractivity contribution in [2.24, 2.45) is 0 Å². The number of methoxy groups -OCH3 is 1. The molecule has 5 rings (SSSR count). The van der Waals surface area contributed by atoms with Gasteiger partial charge in [-0.05, 0) is 50.9 Å². The van der Waals surface area contributed by atoms with Crippen molar-refractivity contribution in [2.45, 2.75) is 54.9 Å². The summed E-state index contributed by atoms with van der Waals surface area (Å²) >= 11 is 0. The molecule has 0 amide bonds. The highest BCUT2D eigenvalue weighted by Crippen LogP contribution is 2.66. The summed E-state index contributed by atoms with van der Waals surface area (Å²) in [5.74, 6) is -0.136. The number of carboxylic acid groups (broad SMARTS) is 1. The summed E-state index contributed by atoms with van der Waals surface area (Å²) in [4.78, 5) is 13.5. The number of phenols is 1. The van der Waals surface area contributed by atoms with Crippen molar-refractivity contribution in [3.63, 3.8) is 0 Å². The molecule has 1 aromatic carbocycles. The van der Waals surface area contributed by atoms with Gasteiger partial charge in [0.1, 0.15) is 6.10 Å². The van der Waals surface area contributed by atoms with Gasteiger partial charge in [0.15, 0.2) is 11.5 Å². The van der Waals surface area contributed by atoms with Crippen LogP contribution in [0.5, 0.6) is 11.5 Å². The van der Waals surface area contributed by atoms with E-state index in [1.165, 1.54) is 5.56 Å². The molecule has 1 saturated carbocycles. The first-order chi connectivity index (χ1) is 12.9. The van der Waals surface area contributed by atoms with Gasteiger partial charge in [-0.2, -0.15) is 0 Å². The van der Waals surface area contributed by atoms with E-state index in [9.17, 15) is 9.90 Å². The molecule has 2 fully saturated rings. The molecule has 2 bridgehead atoms. The van der Waals surface area contributed by atoms with E-state index in [-0.39, 0.29) is 35.9 Å². The van der Waals surface area contributed by atoms with E-state index >= 15 is 0 Å². The summed E-state index contributed by atoms with van der Waals surface area (Å²) in [6.07, 6.45) is 3.11. The SMILES string of the molecule is CO[C@]12CC[C@H](NCC(=O)O)[C@H]3Oc4c(O)ccc5c4[C@@]31CCN(C)[C@@H]2C5. The Morgan fingerprint density at radius 3 is 3.00 bits per heavy atom. The Kier molecular flexibility index (Phi) is 3.58. The molecule has 1 aromatic rings. The van der Waals surface area contributed by atoms with Gasteiger partial charge in [0.2, 0.25) is 0 Å². The van der Waals surface area contributed by atoms with Crippen molar-refractivity contribution >= 4 is 5.97 Å². The number of benzene rings is 1. The van der Waals surface area contributed by atoms with Crippen molar-refractivity contribution in [2.75, 3.05) is 27.2 Å². The summed E-state index contributed by atoms with van der Waals surface area (Å²) in [5.41, 5.74) is 1.56. The molecule has 2 heterocycles. The zero-order chi connectivity index (χ0) is 19.0. The Balaban J connectivity index is 1.71. The third-order valence-corrected chi connectivity index (χ3v) is 7.57. The van der Waals surface area contributed by atoms with Crippen LogP contribution in [0.2, 0.25) is 0 Å². The Morgan fingerprint density at radius 1 is 1.44 bits per heavy atom. The molecule has 1 saturated heterocycles. The van der Waals surface area contributed by atoms with Crippen LogP contribution in [-0.2, 0) is 21.4 Å². The van der Waals surface area contributed by atoms with Crippen LogP contribution >= 0.6 is 0 Å². The van der Waals surface area contributed by atoms with E-state index in [4.69, 9.17) is 14.6 Å². The molecular weight excluding hydrogens is 348 g/mol. The number of hydrogen-bond acceptors (Lipinski definition) is 6. The number of rotatable bonds is 4. The second-order valence-electron chi connectivity index (χ2n) is 8.42. The maximum atomic E-state index is 11.1. The van der Waals surface area contributed by atoms with Crippen molar-refractivity contribution in [1.82, 2.24) is 10.2 Å². The van der Waals surface area contributed by atoms with E-state index in [0.717, 1.165) is 37.8 Å². The molecule has 0 radical (unpaired) electrons. The minimum absolute atomic E-state index is 0.0915. The van der Waals surface area contributed by atoms with Crippen LogP contribution < -0.4 is 10.1 Å². The average Bonchev–Trinajstić information content (AvgIpc) is 3.01. The van der Waals surface area contributed by atoms with Crippen LogP contribution in [0.25, 0.3) is 0 Å². The monoisotopic (exact) mass is 374 g/mol. The topological polar surface area (TPSA) is 91.3 Å². The minimum atomic E-state index is -0.875. The average molecular weight is 374 g/mol. The molecule has 2 aliphatic heterocycles. The van der Waals surface area contributed by atoms with Gasteiger partial charge in [-0.15, -0.1) is 0 Å². The second-order valence-corrected chi connectivity index (χ2v) is 8.42. The molecule has 0 aromatic heterocycles. The quantitative estimate of drug-likeness (QED) is 0.720. The Labute approximate surface area is 158 Å². The van der Waals surface area contributed by atoms with Gasteiger partial charge in [-0.3, -0.25) is 4.79 Å². The predicted molar refractivity (Wildman–Crippen MR) is 97.3 cm³/mol. The zero-order valence-electron chi connectivity index (χ0n) is 15.7. The van der Waals surface area contributed by atoms with Gasteiger partial charge in [0, 0.05) is 24.8 Å². The molecule has 146 valence electrons. The van der Waals surface area contributed by atoms with Crippen molar-refractivity contribution in [1.29, 1.82) is 0 Å². The van der Waals surface area contributed by atoms with E-state index in [2.05, 4.69) is 17.3 Å². The molecule has 4 aliphatic rings. The molecule has 5 atom stereocenters. The molecule has 1 spiro atoms. The third-order valence-electron chi connectivity index (χ3n) is 7.57. The van der Waals surface area contributed by atoms with E-state index in [0.29, 0.717) is 5.75 Å². The largest absolute Gasteiger partial charge is 0.504 e. The summed E-state index contributed by atoms with van der Waals surface area (Å²) in [7, 11) is 3.95. The fraction of sp³-hybridized carbons (Fsp3) is 0.650. The van der Waals surface area contributed by atoms with Gasteiger partial charge >= 0.3 is 5.97 Å². The number of nitrogens with zero attached hydrogens (tertiary/aromatic N) is 1. The molecule has 3 N–H and O–H groups in total. The maximum absolute atomic E-state index is 11.1. The number of hydrogen-bond donors (Lipinski definition) is 3. The first-order valence-corrected chi connectivity index (χ1v) is 9.67. The van der Waals surface area contributed by atoms with Crippen LogP contribution in [0.4, 0.5) is 0 Å². The first-order valence-electron chi connectivity index (χ1n) is 9.67. The number of piperidine rings is 1. The third kappa shape index (κ3) is 1.94. The molecule has 7 heteroatoms. The van der Waals surface area contributed by atoms with Crippen molar-refractivity contribution in [3.8, 4) is 11.5 Å². The highest BCUT2D eigenvalue weighted by atomic mass is 16.5. The van der Waals surface area contributed by atoms with E-state index in [1.54, 1.807) is 13.2 Å². The number of carbonyl (C=O) groups is 1. The number of nitrogens with one attached hydrogen (secondary N) is 1. The number of aliphatic carboxylic acids is 1. The van der Waals surface area contributed by atoms with Crippen molar-refractivity contribution < 1.29 is 24.5 Å². The molecular formula is C20H26N2O5. The molecule has 2 aliphatic carbocycles. The number of ether oxygens (including phenoxy) is 2.